The molecule has 3 aliphatic rings. The SMILES string of the molecule is CC(=O)N[C@H]1[C@H](O[C@@H]2[C@H](O[C@]3(C(=O)O)C[C@H](O)[C@@H](NC(C)=O)[C@H]([C@H](O)[C@H](O)CO)O3)[C@@H](O)[C@H](O[C@@H]([C@H](O)[C@@H](O)CO)[C@H](O)CO)O[C@@H]2CO)O[C@H](CO)[C@H](O)[C@@H]1O. The van der Waals surface area contributed by atoms with Crippen LogP contribution in [0.25, 0.3) is 0 Å². The first-order chi connectivity index (χ1) is 26.7. The molecule has 3 aliphatic heterocycles. The van der Waals surface area contributed by atoms with E-state index in [1.807, 2.05) is 0 Å². The molecule has 17 N–H and O–H groups in total. The lowest BCUT2D eigenvalue weighted by Gasteiger charge is -2.52. The molecule has 332 valence electrons. The molecule has 20 atom stereocenters. The molecule has 26 nitrogen and oxygen atoms in total. The highest BCUT2D eigenvalue weighted by Gasteiger charge is 2.61. The number of ether oxygens (including phenoxy) is 6. The Morgan fingerprint density at radius 1 is 0.719 bits per heavy atom. The molecule has 3 heterocycles. The number of aliphatic hydroxyl groups excluding tert-OH is 14. The third-order valence-corrected chi connectivity index (χ3v) is 9.62. The lowest BCUT2D eigenvalue weighted by molar-refractivity contribution is -0.394. The minimum absolute atomic E-state index is 0.819. The van der Waals surface area contributed by atoms with Crippen molar-refractivity contribution in [2.75, 3.05) is 33.0 Å². The fourth-order valence-corrected chi connectivity index (χ4v) is 6.65. The van der Waals surface area contributed by atoms with Gasteiger partial charge in [-0.2, -0.15) is 0 Å². The van der Waals surface area contributed by atoms with Gasteiger partial charge in [0.2, 0.25) is 11.8 Å². The van der Waals surface area contributed by atoms with E-state index in [1.165, 1.54) is 0 Å². The molecular weight excluding hydrogens is 784 g/mol. The monoisotopic (exact) mass is 838 g/mol. The van der Waals surface area contributed by atoms with Crippen molar-refractivity contribution >= 4 is 17.8 Å². The van der Waals surface area contributed by atoms with E-state index in [2.05, 4.69) is 10.6 Å². The molecule has 0 bridgehead atoms. The van der Waals surface area contributed by atoms with Crippen molar-refractivity contribution in [2.45, 2.75) is 142 Å². The summed E-state index contributed by atoms with van der Waals surface area (Å²) in [5, 5.41) is 161. The number of carboxylic acids is 1. The number of carbonyl (C=O) groups excluding carboxylic acids is 2. The Morgan fingerprint density at radius 3 is 1.77 bits per heavy atom. The van der Waals surface area contributed by atoms with Crippen LogP contribution in [0.5, 0.6) is 0 Å². The number of carboxylic acid groups (broad SMARTS) is 1. The third kappa shape index (κ3) is 11.3. The first-order valence-corrected chi connectivity index (χ1v) is 17.6. The second-order valence-corrected chi connectivity index (χ2v) is 13.8. The summed E-state index contributed by atoms with van der Waals surface area (Å²) in [6, 6.07) is -3.38. The zero-order chi connectivity index (χ0) is 43.1. The van der Waals surface area contributed by atoms with Crippen molar-refractivity contribution in [1.29, 1.82) is 0 Å². The molecule has 0 aromatic heterocycles. The normalized spacial score (nSPS) is 39.3. The molecule has 0 unspecified atom stereocenters. The standard InChI is InChI=1S/C31H54N2O24/c1-9(39)32-17-11(41)3-31(30(50)51,56-26(17)20(46)13(43)5-35)57-27-23(49)29(54-24(14(44)6-36)19(45)12(42)4-34)53-16(8-38)25(27)55-28-18(33-10(2)40)22(48)21(47)15(7-37)52-28/h11-29,34-38,41-49H,3-8H2,1-2H3,(H,32,39)(H,33,40)(H,50,51)/t11-,12-,13+,14+,15+,16+,17+,18+,19+,20+,21-,22+,23+,24+,25-,26+,27+,28-,29-,31-/m0/s1. The predicted molar refractivity (Wildman–Crippen MR) is 176 cm³/mol. The largest absolute Gasteiger partial charge is 0.477 e. The number of aliphatic hydroxyl groups is 14. The van der Waals surface area contributed by atoms with Gasteiger partial charge in [0.05, 0.1) is 45.2 Å². The van der Waals surface area contributed by atoms with Crippen LogP contribution >= 0.6 is 0 Å². The third-order valence-electron chi connectivity index (χ3n) is 9.62. The lowest BCUT2D eigenvalue weighted by Crippen LogP contribution is -2.72. The van der Waals surface area contributed by atoms with Crippen LogP contribution in [0.2, 0.25) is 0 Å². The van der Waals surface area contributed by atoms with Crippen LogP contribution in [0.1, 0.15) is 20.3 Å². The van der Waals surface area contributed by atoms with Crippen molar-refractivity contribution in [3.8, 4) is 0 Å². The van der Waals surface area contributed by atoms with E-state index in [9.17, 15) is 91.0 Å². The van der Waals surface area contributed by atoms with Crippen LogP contribution < -0.4 is 10.6 Å². The van der Waals surface area contributed by atoms with Crippen LogP contribution in [0, 0.1) is 0 Å². The Hall–Kier alpha value is -2.39. The molecule has 3 fully saturated rings. The summed E-state index contributed by atoms with van der Waals surface area (Å²) in [6.07, 6.45) is -36.5. The molecule has 0 saturated carbocycles. The summed E-state index contributed by atoms with van der Waals surface area (Å²) >= 11 is 0. The Labute approximate surface area is 323 Å². The summed E-state index contributed by atoms with van der Waals surface area (Å²) < 4.78 is 34.2. The highest BCUT2D eigenvalue weighted by atomic mass is 16.8. The molecule has 26 heteroatoms. The minimum Gasteiger partial charge on any atom is -0.477 e. The first-order valence-electron chi connectivity index (χ1n) is 17.6. The Balaban J connectivity index is 2.20. The van der Waals surface area contributed by atoms with Gasteiger partial charge in [0.1, 0.15) is 91.5 Å². The minimum atomic E-state index is -3.26. The van der Waals surface area contributed by atoms with E-state index in [1.54, 1.807) is 0 Å². The smallest absolute Gasteiger partial charge is 0.364 e. The fraction of sp³-hybridized carbons (Fsp3) is 0.903. The molecule has 0 radical (unpaired) electrons. The topological polar surface area (TPSA) is 434 Å². The van der Waals surface area contributed by atoms with Gasteiger partial charge in [-0.1, -0.05) is 0 Å². The number of hydrogen-bond donors (Lipinski definition) is 17. The van der Waals surface area contributed by atoms with Crippen molar-refractivity contribution in [1.82, 2.24) is 10.6 Å². The Kier molecular flexibility index (Phi) is 18.2. The van der Waals surface area contributed by atoms with E-state index in [-0.39, 0.29) is 0 Å². The van der Waals surface area contributed by atoms with Crippen LogP contribution in [0.15, 0.2) is 0 Å². The van der Waals surface area contributed by atoms with Gasteiger partial charge < -0.3 is 116 Å². The molecule has 0 spiro atoms. The van der Waals surface area contributed by atoms with Gasteiger partial charge in [-0.3, -0.25) is 9.59 Å². The van der Waals surface area contributed by atoms with E-state index in [4.69, 9.17) is 28.4 Å². The fourth-order valence-electron chi connectivity index (χ4n) is 6.65. The number of carbonyl (C=O) groups is 3. The highest BCUT2D eigenvalue weighted by molar-refractivity contribution is 5.76. The Bertz CT molecular complexity index is 1300. The molecule has 0 aliphatic carbocycles. The van der Waals surface area contributed by atoms with Crippen LogP contribution in [0.3, 0.4) is 0 Å². The van der Waals surface area contributed by atoms with Crippen molar-refractivity contribution in [3.05, 3.63) is 0 Å². The Morgan fingerprint density at radius 2 is 1.26 bits per heavy atom. The van der Waals surface area contributed by atoms with Crippen LogP contribution in [-0.4, -0.2) is 249 Å². The number of hydrogen-bond acceptors (Lipinski definition) is 23. The summed E-state index contributed by atoms with van der Waals surface area (Å²) in [5.74, 6) is -7.01. The van der Waals surface area contributed by atoms with E-state index in [0.717, 1.165) is 13.8 Å². The number of rotatable bonds is 19. The van der Waals surface area contributed by atoms with Crippen LogP contribution in [0.4, 0.5) is 0 Å². The summed E-state index contributed by atoms with van der Waals surface area (Å²) in [5.41, 5.74) is 0. The van der Waals surface area contributed by atoms with Crippen molar-refractivity contribution in [3.63, 3.8) is 0 Å². The summed E-state index contributed by atoms with van der Waals surface area (Å²) in [4.78, 5) is 37.3. The molecule has 2 amide bonds. The highest BCUT2D eigenvalue weighted by Crippen LogP contribution is 2.39. The molecule has 57 heavy (non-hydrogen) atoms. The molecule has 3 saturated heterocycles. The van der Waals surface area contributed by atoms with Gasteiger partial charge in [0, 0.05) is 20.3 Å². The first kappa shape index (κ1) is 49.0. The molecular formula is C31H54N2O24. The van der Waals surface area contributed by atoms with Crippen molar-refractivity contribution in [2.24, 2.45) is 0 Å². The summed E-state index contributed by atoms with van der Waals surface area (Å²) in [6.45, 7) is -3.54. The summed E-state index contributed by atoms with van der Waals surface area (Å²) in [7, 11) is 0. The zero-order valence-electron chi connectivity index (χ0n) is 30.6. The van der Waals surface area contributed by atoms with E-state index in [0.29, 0.717) is 0 Å². The maximum atomic E-state index is 13.1. The number of aliphatic carboxylic acids is 1. The quantitative estimate of drug-likeness (QED) is 0.0574. The molecule has 3 rings (SSSR count). The second-order valence-electron chi connectivity index (χ2n) is 13.8. The second kappa shape index (κ2) is 21.2. The van der Waals surface area contributed by atoms with Crippen LogP contribution in [-0.2, 0) is 42.8 Å². The van der Waals surface area contributed by atoms with Gasteiger partial charge in [-0.25, -0.2) is 4.79 Å². The lowest BCUT2D eigenvalue weighted by atomic mass is 9.88. The molecule has 0 aromatic rings. The number of amides is 2. The zero-order valence-corrected chi connectivity index (χ0v) is 30.6. The van der Waals surface area contributed by atoms with E-state index < -0.39 is 179 Å². The maximum Gasteiger partial charge on any atom is 0.364 e. The van der Waals surface area contributed by atoms with Gasteiger partial charge in [0.25, 0.3) is 5.79 Å². The van der Waals surface area contributed by atoms with Gasteiger partial charge in [0.15, 0.2) is 12.6 Å². The van der Waals surface area contributed by atoms with Gasteiger partial charge in [-0.05, 0) is 0 Å². The van der Waals surface area contributed by atoms with Gasteiger partial charge in [-0.15, -0.1) is 0 Å². The average molecular weight is 839 g/mol. The average Bonchev–Trinajstić information content (AvgIpc) is 3.17. The molecule has 0 aromatic carbocycles. The van der Waals surface area contributed by atoms with Crippen molar-refractivity contribution < 1.29 is 119 Å². The van der Waals surface area contributed by atoms with E-state index >= 15 is 0 Å². The predicted octanol–water partition coefficient (Wildman–Crippen LogP) is -10.6. The van der Waals surface area contributed by atoms with Gasteiger partial charge >= 0.3 is 5.97 Å². The number of nitrogens with one attached hydrogen (secondary N) is 2. The maximum absolute atomic E-state index is 13.1.